The first-order chi connectivity index (χ1) is 10.5. The number of hydrogen-bond donors (Lipinski definition) is 0. The third kappa shape index (κ3) is 2.93. The average Bonchev–Trinajstić information content (AvgIpc) is 3.08. The minimum atomic E-state index is -1.34. The highest BCUT2D eigenvalue weighted by Gasteiger charge is 2.47. The predicted molar refractivity (Wildman–Crippen MR) is 82.8 cm³/mol. The van der Waals surface area contributed by atoms with E-state index in [0.29, 0.717) is 24.4 Å². The van der Waals surface area contributed by atoms with Crippen molar-refractivity contribution in [3.63, 3.8) is 0 Å². The summed E-state index contributed by atoms with van der Waals surface area (Å²) in [5, 5.41) is 0. The van der Waals surface area contributed by atoms with Crippen LogP contribution in [0.15, 0.2) is 24.3 Å². The van der Waals surface area contributed by atoms with E-state index in [1.165, 1.54) is 0 Å². The molecule has 1 aliphatic heterocycles. The van der Waals surface area contributed by atoms with Gasteiger partial charge in [0.25, 0.3) is 0 Å². The summed E-state index contributed by atoms with van der Waals surface area (Å²) in [6, 6.07) is 7.07. The Hall–Kier alpha value is -2.04. The molecule has 0 radical (unpaired) electrons. The van der Waals surface area contributed by atoms with Crippen molar-refractivity contribution < 1.29 is 19.1 Å². The first-order valence-electron chi connectivity index (χ1n) is 7.65. The Labute approximate surface area is 131 Å². The van der Waals surface area contributed by atoms with Gasteiger partial charge in [0.15, 0.2) is 5.41 Å². The number of carbonyl (C=O) groups excluding carboxylic acids is 2. The summed E-state index contributed by atoms with van der Waals surface area (Å²) >= 11 is 0. The zero-order chi connectivity index (χ0) is 16.2. The van der Waals surface area contributed by atoms with Crippen LogP contribution in [0.2, 0.25) is 0 Å². The lowest BCUT2D eigenvalue weighted by Crippen LogP contribution is -2.50. The van der Waals surface area contributed by atoms with Gasteiger partial charge in [0.2, 0.25) is 5.91 Å². The fourth-order valence-corrected chi connectivity index (χ4v) is 2.77. The van der Waals surface area contributed by atoms with Crippen molar-refractivity contribution in [1.82, 2.24) is 4.90 Å². The number of ether oxygens (including phenoxy) is 2. The van der Waals surface area contributed by atoms with Gasteiger partial charge in [0.1, 0.15) is 5.75 Å². The highest BCUT2D eigenvalue weighted by atomic mass is 16.5. The second-order valence-corrected chi connectivity index (χ2v) is 5.58. The maximum atomic E-state index is 13.0. The Balaban J connectivity index is 2.44. The largest absolute Gasteiger partial charge is 0.497 e. The van der Waals surface area contributed by atoms with Crippen molar-refractivity contribution in [2.24, 2.45) is 0 Å². The molecule has 22 heavy (non-hydrogen) atoms. The molecule has 5 heteroatoms. The molecule has 1 aromatic rings. The van der Waals surface area contributed by atoms with E-state index in [1.807, 2.05) is 0 Å². The number of nitrogens with zero attached hydrogens (tertiary/aromatic N) is 1. The number of likely N-dealkylation sites (tertiary alicyclic amines) is 1. The second-order valence-electron chi connectivity index (χ2n) is 5.58. The van der Waals surface area contributed by atoms with Gasteiger partial charge >= 0.3 is 5.97 Å². The topological polar surface area (TPSA) is 55.8 Å². The van der Waals surface area contributed by atoms with Crippen LogP contribution in [0.25, 0.3) is 0 Å². The van der Waals surface area contributed by atoms with Crippen LogP contribution in [0.5, 0.6) is 5.75 Å². The van der Waals surface area contributed by atoms with Crippen molar-refractivity contribution in [2.75, 3.05) is 26.8 Å². The van der Waals surface area contributed by atoms with Gasteiger partial charge in [0, 0.05) is 13.1 Å². The standard InChI is InChI=1S/C17H23NO4/c1-4-22-16(20)17(2,15(19)18-10-5-6-11-18)13-8-7-9-14(12-13)21-3/h7-9,12H,4-6,10-11H2,1-3H3/t17-/m0/s1. The molecule has 1 aromatic carbocycles. The Morgan fingerprint density at radius 1 is 1.27 bits per heavy atom. The average molecular weight is 305 g/mol. The van der Waals surface area contributed by atoms with E-state index < -0.39 is 11.4 Å². The number of amides is 1. The molecule has 2 rings (SSSR count). The highest BCUT2D eigenvalue weighted by molar-refractivity contribution is 6.08. The molecule has 0 unspecified atom stereocenters. The number of esters is 1. The zero-order valence-corrected chi connectivity index (χ0v) is 13.4. The Morgan fingerprint density at radius 3 is 2.55 bits per heavy atom. The van der Waals surface area contributed by atoms with Gasteiger partial charge in [-0.05, 0) is 44.4 Å². The number of carbonyl (C=O) groups is 2. The summed E-state index contributed by atoms with van der Waals surface area (Å²) in [6.07, 6.45) is 1.95. The molecule has 1 fully saturated rings. The van der Waals surface area contributed by atoms with Crippen LogP contribution in [0.4, 0.5) is 0 Å². The van der Waals surface area contributed by atoms with Crippen LogP contribution in [-0.4, -0.2) is 43.6 Å². The summed E-state index contributed by atoms with van der Waals surface area (Å²) in [5.41, 5.74) is -0.739. The van der Waals surface area contributed by atoms with Gasteiger partial charge in [-0.25, -0.2) is 0 Å². The lowest BCUT2D eigenvalue weighted by atomic mass is 9.81. The van der Waals surface area contributed by atoms with Gasteiger partial charge < -0.3 is 14.4 Å². The molecular weight excluding hydrogens is 282 g/mol. The molecule has 0 bridgehead atoms. The van der Waals surface area contributed by atoms with E-state index >= 15 is 0 Å². The number of rotatable bonds is 5. The van der Waals surface area contributed by atoms with Gasteiger partial charge in [-0.2, -0.15) is 0 Å². The predicted octanol–water partition coefficient (Wildman–Crippen LogP) is 2.14. The second kappa shape index (κ2) is 6.81. The molecule has 0 aromatic heterocycles. The van der Waals surface area contributed by atoms with Crippen LogP contribution in [0.3, 0.4) is 0 Å². The molecule has 1 aliphatic rings. The van der Waals surface area contributed by atoms with E-state index in [-0.39, 0.29) is 12.5 Å². The summed E-state index contributed by atoms with van der Waals surface area (Å²) in [4.78, 5) is 27.3. The minimum absolute atomic E-state index is 0.197. The zero-order valence-electron chi connectivity index (χ0n) is 13.4. The molecule has 120 valence electrons. The lowest BCUT2D eigenvalue weighted by molar-refractivity contribution is -0.157. The maximum Gasteiger partial charge on any atom is 0.325 e. The number of benzene rings is 1. The number of methoxy groups -OCH3 is 1. The van der Waals surface area contributed by atoms with Crippen molar-refractivity contribution in [3.05, 3.63) is 29.8 Å². The third-order valence-electron chi connectivity index (χ3n) is 4.15. The minimum Gasteiger partial charge on any atom is -0.497 e. The molecule has 1 heterocycles. The van der Waals surface area contributed by atoms with Crippen molar-refractivity contribution in [2.45, 2.75) is 32.1 Å². The van der Waals surface area contributed by atoms with Crippen molar-refractivity contribution in [3.8, 4) is 5.75 Å². The van der Waals surface area contributed by atoms with E-state index in [4.69, 9.17) is 9.47 Å². The summed E-state index contributed by atoms with van der Waals surface area (Å²) in [6.45, 7) is 5.01. The molecule has 1 atom stereocenters. The van der Waals surface area contributed by atoms with Crippen LogP contribution in [0, 0.1) is 0 Å². The normalized spacial score (nSPS) is 17.0. The van der Waals surface area contributed by atoms with Gasteiger partial charge in [0.05, 0.1) is 13.7 Å². The summed E-state index contributed by atoms with van der Waals surface area (Å²) in [7, 11) is 1.56. The molecule has 1 amide bonds. The maximum absolute atomic E-state index is 13.0. The van der Waals surface area contributed by atoms with Crippen LogP contribution in [-0.2, 0) is 19.7 Å². The fourth-order valence-electron chi connectivity index (χ4n) is 2.77. The molecule has 0 aliphatic carbocycles. The van der Waals surface area contributed by atoms with Gasteiger partial charge in [-0.3, -0.25) is 9.59 Å². The van der Waals surface area contributed by atoms with E-state index in [0.717, 1.165) is 12.8 Å². The SMILES string of the molecule is CCOC(=O)[C@](C)(C(=O)N1CCCC1)c1cccc(OC)c1. The Kier molecular flexibility index (Phi) is 5.06. The van der Waals surface area contributed by atoms with Gasteiger partial charge in [-0.1, -0.05) is 12.1 Å². The van der Waals surface area contributed by atoms with E-state index in [9.17, 15) is 9.59 Å². The molecule has 1 saturated heterocycles. The fraction of sp³-hybridized carbons (Fsp3) is 0.529. The van der Waals surface area contributed by atoms with Crippen LogP contribution < -0.4 is 4.74 Å². The summed E-state index contributed by atoms with van der Waals surface area (Å²) in [5.74, 6) is -0.0981. The van der Waals surface area contributed by atoms with Crippen LogP contribution in [0.1, 0.15) is 32.3 Å². The first-order valence-corrected chi connectivity index (χ1v) is 7.65. The van der Waals surface area contributed by atoms with E-state index in [2.05, 4.69) is 0 Å². The Bertz CT molecular complexity index is 551. The highest BCUT2D eigenvalue weighted by Crippen LogP contribution is 2.31. The van der Waals surface area contributed by atoms with Crippen LogP contribution >= 0.6 is 0 Å². The molecule has 0 spiro atoms. The number of hydrogen-bond acceptors (Lipinski definition) is 4. The lowest BCUT2D eigenvalue weighted by Gasteiger charge is -2.31. The third-order valence-corrected chi connectivity index (χ3v) is 4.15. The van der Waals surface area contributed by atoms with Crippen molar-refractivity contribution in [1.29, 1.82) is 0 Å². The first kappa shape index (κ1) is 16.3. The monoisotopic (exact) mass is 305 g/mol. The molecular formula is C17H23NO4. The van der Waals surface area contributed by atoms with E-state index in [1.54, 1.807) is 50.1 Å². The Morgan fingerprint density at radius 2 is 1.95 bits per heavy atom. The van der Waals surface area contributed by atoms with Crippen molar-refractivity contribution >= 4 is 11.9 Å². The molecule has 0 N–H and O–H groups in total. The smallest absolute Gasteiger partial charge is 0.325 e. The molecule has 0 saturated carbocycles. The summed E-state index contributed by atoms with van der Waals surface area (Å²) < 4.78 is 10.4. The van der Waals surface area contributed by atoms with Gasteiger partial charge in [-0.15, -0.1) is 0 Å². The molecule has 5 nitrogen and oxygen atoms in total. The quantitative estimate of drug-likeness (QED) is 0.618.